The normalized spacial score (nSPS) is 12.8. The van der Waals surface area contributed by atoms with E-state index >= 15 is 0 Å². The van der Waals surface area contributed by atoms with Gasteiger partial charge in [0.15, 0.2) is 6.10 Å². The van der Waals surface area contributed by atoms with Gasteiger partial charge in [-0.25, -0.2) is 0 Å². The van der Waals surface area contributed by atoms with Crippen molar-refractivity contribution in [3.63, 3.8) is 0 Å². The predicted molar refractivity (Wildman–Crippen MR) is 86.8 cm³/mol. The Bertz CT molecular complexity index is 435. The largest absolute Gasteiger partial charge is 0.481 e. The van der Waals surface area contributed by atoms with Crippen molar-refractivity contribution < 1.29 is 9.53 Å². The summed E-state index contributed by atoms with van der Waals surface area (Å²) in [5.74, 6) is 0.630. The molecule has 1 amide bonds. The molecule has 1 atom stereocenters. The minimum absolute atomic E-state index is 0.0900. The lowest BCUT2D eigenvalue weighted by Crippen LogP contribution is -2.39. The van der Waals surface area contributed by atoms with Gasteiger partial charge in [-0.15, -0.1) is 0 Å². The van der Waals surface area contributed by atoms with Crippen LogP contribution in [0.1, 0.15) is 40.2 Å². The van der Waals surface area contributed by atoms with Crippen LogP contribution in [0.3, 0.4) is 0 Å². The topological polar surface area (TPSA) is 50.4 Å². The molecule has 4 nitrogen and oxygen atoms in total. The van der Waals surface area contributed by atoms with E-state index in [1.807, 2.05) is 31.2 Å². The maximum absolute atomic E-state index is 11.9. The number of nitrogens with one attached hydrogen (secondary N) is 2. The van der Waals surface area contributed by atoms with Gasteiger partial charge in [-0.3, -0.25) is 4.79 Å². The Morgan fingerprint density at radius 1 is 1.19 bits per heavy atom. The molecular formula is C17H28N2O2. The quantitative estimate of drug-likeness (QED) is 0.759. The van der Waals surface area contributed by atoms with Crippen LogP contribution in [0.25, 0.3) is 0 Å². The van der Waals surface area contributed by atoms with Gasteiger partial charge in [0.1, 0.15) is 5.75 Å². The Balaban J connectivity index is 2.47. The number of hydrogen-bond donors (Lipinski definition) is 2. The standard InChI is InChI=1S/C17H28N2O2/c1-6-18-11-12-19-16(20)13(2)21-15-9-7-14(8-10-15)17(3,4)5/h7-10,13,18H,6,11-12H2,1-5H3,(H,19,20). The van der Waals surface area contributed by atoms with Crippen LogP contribution in [0.15, 0.2) is 24.3 Å². The minimum atomic E-state index is -0.493. The van der Waals surface area contributed by atoms with Crippen LogP contribution in [-0.2, 0) is 10.2 Å². The molecule has 0 aliphatic rings. The number of hydrogen-bond acceptors (Lipinski definition) is 3. The van der Waals surface area contributed by atoms with Crippen molar-refractivity contribution in [2.75, 3.05) is 19.6 Å². The van der Waals surface area contributed by atoms with Crippen molar-refractivity contribution in [3.8, 4) is 5.75 Å². The summed E-state index contributed by atoms with van der Waals surface area (Å²) >= 11 is 0. The van der Waals surface area contributed by atoms with Gasteiger partial charge in [-0.05, 0) is 36.6 Å². The number of carbonyl (C=O) groups is 1. The molecule has 0 saturated heterocycles. The maximum Gasteiger partial charge on any atom is 0.260 e. The van der Waals surface area contributed by atoms with E-state index in [1.54, 1.807) is 6.92 Å². The van der Waals surface area contributed by atoms with E-state index in [-0.39, 0.29) is 11.3 Å². The average Bonchev–Trinajstić information content (AvgIpc) is 2.43. The lowest BCUT2D eigenvalue weighted by molar-refractivity contribution is -0.127. The Labute approximate surface area is 128 Å². The summed E-state index contributed by atoms with van der Waals surface area (Å²) < 4.78 is 5.67. The first-order valence-electron chi connectivity index (χ1n) is 7.60. The van der Waals surface area contributed by atoms with E-state index in [2.05, 4.69) is 31.4 Å². The summed E-state index contributed by atoms with van der Waals surface area (Å²) in [6.45, 7) is 12.6. The van der Waals surface area contributed by atoms with Crippen molar-refractivity contribution in [2.45, 2.75) is 46.1 Å². The number of rotatable bonds is 7. The summed E-state index contributed by atoms with van der Waals surface area (Å²) in [6, 6.07) is 7.93. The third-order valence-electron chi connectivity index (χ3n) is 3.25. The van der Waals surface area contributed by atoms with Crippen LogP contribution in [0.5, 0.6) is 5.75 Å². The number of benzene rings is 1. The molecule has 0 heterocycles. The van der Waals surface area contributed by atoms with Gasteiger partial charge in [0.2, 0.25) is 0 Å². The van der Waals surface area contributed by atoms with Crippen LogP contribution in [-0.4, -0.2) is 31.6 Å². The molecule has 1 rings (SSSR count). The summed E-state index contributed by atoms with van der Waals surface area (Å²) in [6.07, 6.45) is -0.493. The molecule has 1 aromatic carbocycles. The first kappa shape index (κ1) is 17.5. The van der Waals surface area contributed by atoms with Gasteiger partial charge in [0.05, 0.1) is 0 Å². The highest BCUT2D eigenvalue weighted by Crippen LogP contribution is 2.24. The maximum atomic E-state index is 11.9. The van der Waals surface area contributed by atoms with Gasteiger partial charge in [-0.2, -0.15) is 0 Å². The fraction of sp³-hybridized carbons (Fsp3) is 0.588. The third-order valence-corrected chi connectivity index (χ3v) is 3.25. The molecule has 0 saturated carbocycles. The lowest BCUT2D eigenvalue weighted by atomic mass is 9.87. The smallest absolute Gasteiger partial charge is 0.260 e. The number of ether oxygens (including phenoxy) is 1. The molecule has 4 heteroatoms. The van der Waals surface area contributed by atoms with Crippen LogP contribution < -0.4 is 15.4 Å². The van der Waals surface area contributed by atoms with Gasteiger partial charge >= 0.3 is 0 Å². The molecule has 0 radical (unpaired) electrons. The van der Waals surface area contributed by atoms with E-state index in [9.17, 15) is 4.79 Å². The first-order chi connectivity index (χ1) is 9.84. The Hall–Kier alpha value is -1.55. The van der Waals surface area contributed by atoms with Crippen molar-refractivity contribution in [2.24, 2.45) is 0 Å². The van der Waals surface area contributed by atoms with Crippen LogP contribution in [0, 0.1) is 0 Å². The molecule has 0 aromatic heterocycles. The summed E-state index contributed by atoms with van der Waals surface area (Å²) in [4.78, 5) is 11.9. The van der Waals surface area contributed by atoms with E-state index in [4.69, 9.17) is 4.74 Å². The second-order valence-electron chi connectivity index (χ2n) is 6.18. The molecule has 0 bridgehead atoms. The van der Waals surface area contributed by atoms with Crippen LogP contribution in [0.2, 0.25) is 0 Å². The molecular weight excluding hydrogens is 264 g/mol. The summed E-state index contributed by atoms with van der Waals surface area (Å²) in [7, 11) is 0. The van der Waals surface area contributed by atoms with Crippen LogP contribution >= 0.6 is 0 Å². The summed E-state index contributed by atoms with van der Waals surface area (Å²) in [5.41, 5.74) is 1.37. The minimum Gasteiger partial charge on any atom is -0.481 e. The van der Waals surface area contributed by atoms with Crippen molar-refractivity contribution in [1.29, 1.82) is 0 Å². The highest BCUT2D eigenvalue weighted by molar-refractivity contribution is 5.80. The number of carbonyl (C=O) groups excluding carboxylic acids is 1. The van der Waals surface area contributed by atoms with E-state index in [0.29, 0.717) is 6.54 Å². The number of likely N-dealkylation sites (N-methyl/N-ethyl adjacent to an activating group) is 1. The lowest BCUT2D eigenvalue weighted by Gasteiger charge is -2.20. The Morgan fingerprint density at radius 2 is 1.81 bits per heavy atom. The zero-order valence-electron chi connectivity index (χ0n) is 13.8. The molecule has 0 aliphatic heterocycles. The first-order valence-corrected chi connectivity index (χ1v) is 7.60. The monoisotopic (exact) mass is 292 g/mol. The van der Waals surface area contributed by atoms with Gasteiger partial charge in [0.25, 0.3) is 5.91 Å². The zero-order chi connectivity index (χ0) is 15.9. The zero-order valence-corrected chi connectivity index (χ0v) is 13.8. The SMILES string of the molecule is CCNCCNC(=O)C(C)Oc1ccc(C(C)(C)C)cc1. The molecule has 0 spiro atoms. The second kappa shape index (κ2) is 8.03. The second-order valence-corrected chi connectivity index (χ2v) is 6.18. The number of amides is 1. The summed E-state index contributed by atoms with van der Waals surface area (Å²) in [5, 5.41) is 6.00. The van der Waals surface area contributed by atoms with Crippen molar-refractivity contribution in [1.82, 2.24) is 10.6 Å². The van der Waals surface area contributed by atoms with Crippen molar-refractivity contribution in [3.05, 3.63) is 29.8 Å². The van der Waals surface area contributed by atoms with Gasteiger partial charge in [-0.1, -0.05) is 39.8 Å². The molecule has 0 aliphatic carbocycles. The fourth-order valence-corrected chi connectivity index (χ4v) is 1.89. The molecule has 0 fully saturated rings. The molecule has 21 heavy (non-hydrogen) atoms. The van der Waals surface area contributed by atoms with Gasteiger partial charge in [0, 0.05) is 13.1 Å². The van der Waals surface area contributed by atoms with Gasteiger partial charge < -0.3 is 15.4 Å². The fourth-order valence-electron chi connectivity index (χ4n) is 1.89. The third kappa shape index (κ3) is 6.17. The molecule has 118 valence electrons. The Kier molecular flexibility index (Phi) is 6.69. The predicted octanol–water partition coefficient (Wildman–Crippen LogP) is 2.48. The molecule has 1 aromatic rings. The highest BCUT2D eigenvalue weighted by Gasteiger charge is 2.16. The Morgan fingerprint density at radius 3 is 2.33 bits per heavy atom. The van der Waals surface area contributed by atoms with E-state index < -0.39 is 6.10 Å². The average molecular weight is 292 g/mol. The van der Waals surface area contributed by atoms with Crippen LogP contribution in [0.4, 0.5) is 0 Å². The van der Waals surface area contributed by atoms with E-state index in [1.165, 1.54) is 5.56 Å². The molecule has 2 N–H and O–H groups in total. The van der Waals surface area contributed by atoms with Crippen molar-refractivity contribution >= 4 is 5.91 Å². The highest BCUT2D eigenvalue weighted by atomic mass is 16.5. The van der Waals surface area contributed by atoms with E-state index in [0.717, 1.165) is 18.8 Å². The molecule has 1 unspecified atom stereocenters.